The van der Waals surface area contributed by atoms with E-state index in [1.807, 2.05) is 0 Å². The number of nitrogens with one attached hydrogen (secondary N) is 1. The lowest BCUT2D eigenvalue weighted by Gasteiger charge is -2.15. The maximum absolute atomic E-state index is 12.8. The highest BCUT2D eigenvalue weighted by Gasteiger charge is 2.19. The van der Waals surface area contributed by atoms with Crippen molar-refractivity contribution in [1.82, 2.24) is 0 Å². The molecule has 0 aliphatic carbocycles. The van der Waals surface area contributed by atoms with Crippen LogP contribution in [-0.2, 0) is 16.1 Å². The van der Waals surface area contributed by atoms with E-state index in [9.17, 15) is 19.1 Å². The monoisotopic (exact) mass is 306 g/mol. The topological polar surface area (TPSA) is 99.0 Å². The average molecular weight is 306 g/mol. The lowest BCUT2D eigenvalue weighted by Crippen LogP contribution is -2.92. The summed E-state index contributed by atoms with van der Waals surface area (Å²) in [5.74, 6) is -1.64. The first-order valence-electron chi connectivity index (χ1n) is 6.66. The van der Waals surface area contributed by atoms with E-state index in [2.05, 4.69) is 5.32 Å². The average Bonchev–Trinajstić information content (AvgIpc) is 2.99. The predicted octanol–water partition coefficient (Wildman–Crippen LogP) is -0.371. The normalized spacial score (nSPS) is 11.9. The summed E-state index contributed by atoms with van der Waals surface area (Å²) in [5, 5.41) is 15.1. The molecule has 7 heteroatoms. The molecule has 0 fully saturated rings. The predicted molar refractivity (Wildman–Crippen MR) is 72.8 cm³/mol. The van der Waals surface area contributed by atoms with Gasteiger partial charge in [-0.05, 0) is 36.4 Å². The molecule has 1 amide bonds. The molecule has 0 saturated carbocycles. The number of hydrogen-bond donors (Lipinski definition) is 2. The molecule has 1 aromatic carbocycles. The molecule has 0 spiro atoms. The Morgan fingerprint density at radius 1 is 1.27 bits per heavy atom. The van der Waals surface area contributed by atoms with Crippen LogP contribution < -0.4 is 15.7 Å². The molecule has 2 rings (SSSR count). The molecule has 116 valence electrons. The van der Waals surface area contributed by atoms with E-state index < -0.39 is 23.7 Å². The van der Waals surface area contributed by atoms with Gasteiger partial charge < -0.3 is 25.0 Å². The number of carboxylic acid groups (broad SMARTS) is 1. The number of amides is 1. The van der Waals surface area contributed by atoms with Crippen LogP contribution in [0.3, 0.4) is 0 Å². The van der Waals surface area contributed by atoms with Gasteiger partial charge in [-0.1, -0.05) is 0 Å². The van der Waals surface area contributed by atoms with Crippen LogP contribution in [0.1, 0.15) is 12.2 Å². The lowest BCUT2D eigenvalue weighted by molar-refractivity contribution is -0.698. The van der Waals surface area contributed by atoms with Crippen LogP contribution >= 0.6 is 0 Å². The first-order chi connectivity index (χ1) is 10.5. The standard InChI is InChI=1S/C15H15FN2O4/c16-10-3-5-11(6-4-10)18-14(19)8-13(15(20)21)17-9-12-2-1-7-22-12/h1-7,13,17H,8-9H2,(H,18,19)(H,20,21)/t13-/m1/s1. The minimum atomic E-state index is -1.33. The minimum absolute atomic E-state index is 0.263. The van der Waals surface area contributed by atoms with Crippen LogP contribution in [0.25, 0.3) is 0 Å². The van der Waals surface area contributed by atoms with Gasteiger partial charge in [0.2, 0.25) is 5.91 Å². The van der Waals surface area contributed by atoms with Crippen LogP contribution in [-0.4, -0.2) is 17.9 Å². The van der Waals surface area contributed by atoms with Crippen LogP contribution in [0.15, 0.2) is 47.1 Å². The Labute approximate surface area is 125 Å². The van der Waals surface area contributed by atoms with E-state index in [-0.39, 0.29) is 13.0 Å². The summed E-state index contributed by atoms with van der Waals surface area (Å²) in [6, 6.07) is 7.57. The van der Waals surface area contributed by atoms with E-state index in [0.717, 1.165) is 0 Å². The SMILES string of the molecule is O=C(C[C@@H]([NH2+]Cc1ccco1)C(=O)[O-])Nc1ccc(F)cc1. The van der Waals surface area contributed by atoms with E-state index in [4.69, 9.17) is 4.42 Å². The number of aliphatic carboxylic acids is 1. The highest BCUT2D eigenvalue weighted by Crippen LogP contribution is 2.08. The Morgan fingerprint density at radius 3 is 2.59 bits per heavy atom. The van der Waals surface area contributed by atoms with Gasteiger partial charge in [-0.15, -0.1) is 0 Å². The Hall–Kier alpha value is -2.67. The first-order valence-corrected chi connectivity index (χ1v) is 6.66. The Morgan fingerprint density at radius 2 is 2.00 bits per heavy atom. The van der Waals surface area contributed by atoms with Crippen LogP contribution in [0.2, 0.25) is 0 Å². The van der Waals surface area contributed by atoms with Gasteiger partial charge in [0, 0.05) is 5.69 Å². The van der Waals surface area contributed by atoms with Gasteiger partial charge in [0.1, 0.15) is 18.4 Å². The van der Waals surface area contributed by atoms with Crippen molar-refractivity contribution in [1.29, 1.82) is 0 Å². The van der Waals surface area contributed by atoms with E-state index in [1.165, 1.54) is 35.8 Å². The molecule has 1 aromatic heterocycles. The smallest absolute Gasteiger partial charge is 0.230 e. The number of furan rings is 1. The van der Waals surface area contributed by atoms with Crippen molar-refractivity contribution in [2.45, 2.75) is 19.0 Å². The number of halogens is 1. The number of benzene rings is 1. The molecule has 1 heterocycles. The number of rotatable bonds is 7. The quantitative estimate of drug-likeness (QED) is 0.729. The third-order valence-electron chi connectivity index (χ3n) is 3.02. The zero-order valence-electron chi connectivity index (χ0n) is 11.6. The third kappa shape index (κ3) is 4.71. The second kappa shape index (κ2) is 7.37. The van der Waals surface area contributed by atoms with Crippen molar-refractivity contribution >= 4 is 17.6 Å². The van der Waals surface area contributed by atoms with Crippen molar-refractivity contribution in [3.8, 4) is 0 Å². The van der Waals surface area contributed by atoms with Gasteiger partial charge in [0.25, 0.3) is 0 Å². The number of quaternary nitrogens is 1. The molecule has 6 nitrogen and oxygen atoms in total. The molecular formula is C15H15FN2O4. The van der Waals surface area contributed by atoms with Gasteiger partial charge in [-0.2, -0.15) is 0 Å². The summed E-state index contributed by atoms with van der Waals surface area (Å²) < 4.78 is 17.9. The van der Waals surface area contributed by atoms with Crippen molar-refractivity contribution in [3.05, 3.63) is 54.2 Å². The fourth-order valence-electron chi connectivity index (χ4n) is 1.90. The molecule has 0 radical (unpaired) electrons. The molecule has 0 aliphatic heterocycles. The van der Waals surface area contributed by atoms with Crippen molar-refractivity contribution < 1.29 is 28.8 Å². The molecule has 3 N–H and O–H groups in total. The van der Waals surface area contributed by atoms with E-state index in [0.29, 0.717) is 11.4 Å². The second-order valence-electron chi connectivity index (χ2n) is 4.70. The molecule has 0 saturated heterocycles. The molecule has 0 unspecified atom stereocenters. The zero-order chi connectivity index (χ0) is 15.9. The number of anilines is 1. The van der Waals surface area contributed by atoms with Gasteiger partial charge in [0.15, 0.2) is 5.76 Å². The van der Waals surface area contributed by atoms with Gasteiger partial charge >= 0.3 is 0 Å². The Bertz CT molecular complexity index is 626. The van der Waals surface area contributed by atoms with Crippen LogP contribution in [0, 0.1) is 5.82 Å². The second-order valence-corrected chi connectivity index (χ2v) is 4.70. The molecular weight excluding hydrogens is 291 g/mol. The number of carbonyl (C=O) groups excluding carboxylic acids is 2. The lowest BCUT2D eigenvalue weighted by atomic mass is 10.2. The summed E-state index contributed by atoms with van der Waals surface area (Å²) in [4.78, 5) is 22.9. The van der Waals surface area contributed by atoms with Gasteiger partial charge in [-0.25, -0.2) is 4.39 Å². The highest BCUT2D eigenvalue weighted by atomic mass is 19.1. The fraction of sp³-hybridized carbons (Fsp3) is 0.200. The Kier molecular flexibility index (Phi) is 5.26. The summed E-state index contributed by atoms with van der Waals surface area (Å²) >= 11 is 0. The summed E-state index contributed by atoms with van der Waals surface area (Å²) in [5.41, 5.74) is 0.398. The number of carboxylic acids is 1. The van der Waals surface area contributed by atoms with Crippen molar-refractivity contribution in [3.63, 3.8) is 0 Å². The maximum Gasteiger partial charge on any atom is 0.230 e. The van der Waals surface area contributed by atoms with Gasteiger partial charge in [0.05, 0.1) is 18.7 Å². The number of hydrogen-bond acceptors (Lipinski definition) is 4. The minimum Gasteiger partial charge on any atom is -0.544 e. The van der Waals surface area contributed by atoms with E-state index >= 15 is 0 Å². The Balaban J connectivity index is 1.88. The van der Waals surface area contributed by atoms with Gasteiger partial charge in [-0.3, -0.25) is 4.79 Å². The first kappa shape index (κ1) is 15.7. The molecule has 0 aliphatic rings. The summed E-state index contributed by atoms with van der Waals surface area (Å²) in [6.45, 7) is 0.287. The summed E-state index contributed by atoms with van der Waals surface area (Å²) in [6.07, 6.45) is 1.22. The van der Waals surface area contributed by atoms with Crippen molar-refractivity contribution in [2.75, 3.05) is 5.32 Å². The van der Waals surface area contributed by atoms with E-state index in [1.54, 1.807) is 12.1 Å². The number of carbonyl (C=O) groups is 2. The largest absolute Gasteiger partial charge is 0.544 e. The molecule has 1 atom stereocenters. The highest BCUT2D eigenvalue weighted by molar-refractivity contribution is 5.93. The molecule has 0 bridgehead atoms. The van der Waals surface area contributed by atoms with Crippen LogP contribution in [0.5, 0.6) is 0 Å². The summed E-state index contributed by atoms with van der Waals surface area (Å²) in [7, 11) is 0. The molecule has 22 heavy (non-hydrogen) atoms. The third-order valence-corrected chi connectivity index (χ3v) is 3.02. The fourth-order valence-corrected chi connectivity index (χ4v) is 1.90. The number of nitrogens with two attached hydrogens (primary N) is 1. The van der Waals surface area contributed by atoms with Crippen molar-refractivity contribution in [2.24, 2.45) is 0 Å². The molecule has 2 aromatic rings. The zero-order valence-corrected chi connectivity index (χ0v) is 11.6. The maximum atomic E-state index is 12.8. The van der Waals surface area contributed by atoms with Crippen LogP contribution in [0.4, 0.5) is 10.1 Å².